The molecule has 2 N–H and O–H groups in total. The summed E-state index contributed by atoms with van der Waals surface area (Å²) in [4.78, 5) is 0.307. The van der Waals surface area contributed by atoms with Gasteiger partial charge in [-0.1, -0.05) is 18.5 Å². The Hall–Kier alpha value is -0.620. The van der Waals surface area contributed by atoms with Crippen LogP contribution in [0.4, 0.5) is 0 Å². The molecule has 0 aliphatic carbocycles. The van der Waals surface area contributed by atoms with Crippen LogP contribution in [0.15, 0.2) is 29.2 Å². The van der Waals surface area contributed by atoms with Crippen molar-refractivity contribution in [2.75, 3.05) is 6.54 Å². The largest absolute Gasteiger partial charge is 0.256 e. The van der Waals surface area contributed by atoms with E-state index in [9.17, 15) is 8.42 Å². The Morgan fingerprint density at radius 1 is 1.35 bits per heavy atom. The standard InChI is InChI=1S/C11H15ClN2O2S/c1-2-8-7-13-14-11(8)17(15,16)10-5-3-9(12)4-6-10/h3-6,8,11,13-14H,2,7H2,1H3. The second kappa shape index (κ2) is 4.94. The van der Waals surface area contributed by atoms with E-state index in [1.807, 2.05) is 6.92 Å². The fraction of sp³-hybridized carbons (Fsp3) is 0.455. The van der Waals surface area contributed by atoms with Crippen molar-refractivity contribution >= 4 is 21.4 Å². The molecule has 1 fully saturated rings. The van der Waals surface area contributed by atoms with Gasteiger partial charge in [0, 0.05) is 17.5 Å². The summed E-state index contributed by atoms with van der Waals surface area (Å²) in [6.07, 6.45) is 0.817. The molecule has 2 rings (SSSR count). The molecule has 1 aliphatic heterocycles. The number of rotatable bonds is 3. The number of sulfone groups is 1. The van der Waals surface area contributed by atoms with E-state index in [-0.39, 0.29) is 5.92 Å². The van der Waals surface area contributed by atoms with Gasteiger partial charge in [-0.15, -0.1) is 0 Å². The minimum Gasteiger partial charge on any atom is -0.256 e. The van der Waals surface area contributed by atoms with E-state index in [1.165, 1.54) is 0 Å². The van der Waals surface area contributed by atoms with Gasteiger partial charge in [0.25, 0.3) is 0 Å². The highest BCUT2D eigenvalue weighted by Gasteiger charge is 2.37. The van der Waals surface area contributed by atoms with Crippen molar-refractivity contribution in [2.24, 2.45) is 5.92 Å². The summed E-state index contributed by atoms with van der Waals surface area (Å²) in [5, 5.41) is -0.0258. The summed E-state index contributed by atoms with van der Waals surface area (Å²) in [7, 11) is -3.35. The van der Waals surface area contributed by atoms with E-state index in [1.54, 1.807) is 24.3 Å². The van der Waals surface area contributed by atoms with Crippen LogP contribution in [0.1, 0.15) is 13.3 Å². The molecule has 2 atom stereocenters. The van der Waals surface area contributed by atoms with Gasteiger partial charge >= 0.3 is 0 Å². The molecule has 1 heterocycles. The first kappa shape index (κ1) is 12.8. The van der Waals surface area contributed by atoms with Crippen molar-refractivity contribution in [3.05, 3.63) is 29.3 Å². The summed E-state index contributed by atoms with van der Waals surface area (Å²) in [6.45, 7) is 2.66. The Morgan fingerprint density at radius 3 is 2.59 bits per heavy atom. The summed E-state index contributed by atoms with van der Waals surface area (Å²) in [6, 6.07) is 6.28. The first-order chi connectivity index (χ1) is 8.05. The van der Waals surface area contributed by atoms with Crippen LogP contribution in [0.5, 0.6) is 0 Å². The van der Waals surface area contributed by atoms with Crippen LogP contribution in [-0.2, 0) is 9.84 Å². The van der Waals surface area contributed by atoms with E-state index in [4.69, 9.17) is 11.6 Å². The monoisotopic (exact) mass is 274 g/mol. The van der Waals surface area contributed by atoms with Gasteiger partial charge in [0.05, 0.1) is 4.90 Å². The highest BCUT2D eigenvalue weighted by Crippen LogP contribution is 2.24. The molecule has 6 heteroatoms. The quantitative estimate of drug-likeness (QED) is 0.879. The van der Waals surface area contributed by atoms with Gasteiger partial charge in [-0.2, -0.15) is 0 Å². The molecule has 1 aromatic carbocycles. The molecule has 0 radical (unpaired) electrons. The second-order valence-electron chi connectivity index (χ2n) is 4.11. The number of benzene rings is 1. The third-order valence-electron chi connectivity index (χ3n) is 3.04. The Labute approximate surface area is 106 Å². The molecule has 1 aliphatic rings. The van der Waals surface area contributed by atoms with Crippen LogP contribution in [0.25, 0.3) is 0 Å². The molecule has 0 spiro atoms. The third kappa shape index (κ3) is 2.47. The van der Waals surface area contributed by atoms with Crippen LogP contribution in [-0.4, -0.2) is 20.3 Å². The van der Waals surface area contributed by atoms with E-state index < -0.39 is 15.2 Å². The van der Waals surface area contributed by atoms with Crippen LogP contribution in [0, 0.1) is 5.92 Å². The zero-order valence-electron chi connectivity index (χ0n) is 9.48. The smallest absolute Gasteiger partial charge is 0.195 e. The highest BCUT2D eigenvalue weighted by atomic mass is 35.5. The molecule has 94 valence electrons. The molecule has 4 nitrogen and oxygen atoms in total. The van der Waals surface area contributed by atoms with Gasteiger partial charge in [-0.25, -0.2) is 13.8 Å². The average molecular weight is 275 g/mol. The number of hydrazine groups is 1. The minimum absolute atomic E-state index is 0.0932. The second-order valence-corrected chi connectivity index (χ2v) is 6.62. The predicted octanol–water partition coefficient (Wildman–Crippen LogP) is 1.57. The highest BCUT2D eigenvalue weighted by molar-refractivity contribution is 7.92. The third-order valence-corrected chi connectivity index (χ3v) is 5.39. The number of halogens is 1. The Balaban J connectivity index is 2.33. The molecule has 0 aromatic heterocycles. The summed E-state index contributed by atoms with van der Waals surface area (Å²) in [5.74, 6) is 0.0932. The van der Waals surface area contributed by atoms with Crippen molar-refractivity contribution in [1.29, 1.82) is 0 Å². The van der Waals surface area contributed by atoms with E-state index in [2.05, 4.69) is 10.9 Å². The van der Waals surface area contributed by atoms with Gasteiger partial charge in [0.1, 0.15) is 5.37 Å². The van der Waals surface area contributed by atoms with Gasteiger partial charge in [-0.3, -0.25) is 5.43 Å². The van der Waals surface area contributed by atoms with Gasteiger partial charge in [0.15, 0.2) is 9.84 Å². The fourth-order valence-corrected chi connectivity index (χ4v) is 3.94. The zero-order valence-corrected chi connectivity index (χ0v) is 11.1. The summed E-state index contributed by atoms with van der Waals surface area (Å²) in [5.41, 5.74) is 5.75. The van der Waals surface area contributed by atoms with Crippen LogP contribution in [0.3, 0.4) is 0 Å². The molecule has 0 amide bonds. The summed E-state index contributed by atoms with van der Waals surface area (Å²) < 4.78 is 24.7. The van der Waals surface area contributed by atoms with Gasteiger partial charge in [-0.05, 0) is 30.7 Å². The van der Waals surface area contributed by atoms with Gasteiger partial charge in [0.2, 0.25) is 0 Å². The lowest BCUT2D eigenvalue weighted by atomic mass is 10.1. The zero-order chi connectivity index (χ0) is 12.5. The van der Waals surface area contributed by atoms with Crippen molar-refractivity contribution in [3.8, 4) is 0 Å². The first-order valence-electron chi connectivity index (χ1n) is 5.53. The van der Waals surface area contributed by atoms with Crippen molar-refractivity contribution < 1.29 is 8.42 Å². The molecule has 0 bridgehead atoms. The van der Waals surface area contributed by atoms with Gasteiger partial charge < -0.3 is 0 Å². The maximum atomic E-state index is 12.4. The first-order valence-corrected chi connectivity index (χ1v) is 7.46. The molecular formula is C11H15ClN2O2S. The van der Waals surface area contributed by atoms with Crippen molar-refractivity contribution in [2.45, 2.75) is 23.6 Å². The van der Waals surface area contributed by atoms with Crippen LogP contribution in [0.2, 0.25) is 5.02 Å². The SMILES string of the molecule is CCC1CNNC1S(=O)(=O)c1ccc(Cl)cc1. The average Bonchev–Trinajstić information content (AvgIpc) is 2.78. The van der Waals surface area contributed by atoms with Crippen molar-refractivity contribution in [1.82, 2.24) is 10.9 Å². The molecule has 1 aromatic rings. The van der Waals surface area contributed by atoms with Crippen molar-refractivity contribution in [3.63, 3.8) is 0 Å². The van der Waals surface area contributed by atoms with E-state index >= 15 is 0 Å². The lowest BCUT2D eigenvalue weighted by molar-refractivity contribution is 0.507. The molecular weight excluding hydrogens is 260 g/mol. The summed E-state index contributed by atoms with van der Waals surface area (Å²) >= 11 is 5.75. The maximum absolute atomic E-state index is 12.4. The lowest BCUT2D eigenvalue weighted by Crippen LogP contribution is -2.38. The maximum Gasteiger partial charge on any atom is 0.195 e. The number of hydrogen-bond acceptors (Lipinski definition) is 4. The Bertz CT molecular complexity index is 487. The molecule has 0 saturated carbocycles. The number of hydrogen-bond donors (Lipinski definition) is 2. The fourth-order valence-electron chi connectivity index (χ4n) is 1.98. The topological polar surface area (TPSA) is 58.2 Å². The normalized spacial score (nSPS) is 25.1. The Morgan fingerprint density at radius 2 is 2.00 bits per heavy atom. The predicted molar refractivity (Wildman–Crippen MR) is 67.3 cm³/mol. The Kier molecular flexibility index (Phi) is 3.73. The van der Waals surface area contributed by atoms with E-state index in [0.29, 0.717) is 16.5 Å². The molecule has 17 heavy (non-hydrogen) atoms. The minimum atomic E-state index is -3.35. The molecule has 2 unspecified atom stereocenters. The van der Waals surface area contributed by atoms with E-state index in [0.717, 1.165) is 6.42 Å². The molecule has 1 saturated heterocycles. The lowest BCUT2D eigenvalue weighted by Gasteiger charge is -2.17. The van der Waals surface area contributed by atoms with Crippen LogP contribution < -0.4 is 10.9 Å². The van der Waals surface area contributed by atoms with Crippen LogP contribution >= 0.6 is 11.6 Å². The number of nitrogens with one attached hydrogen (secondary N) is 2.